The monoisotopic (exact) mass is 692 g/mol. The van der Waals surface area contributed by atoms with Crippen LogP contribution in [0.15, 0.2) is 180 Å². The zero-order chi connectivity index (χ0) is 34.6. The molecule has 0 bridgehead atoms. The Morgan fingerprint density at radius 3 is 2.08 bits per heavy atom. The average Bonchev–Trinajstić information content (AvgIpc) is 3.73. The van der Waals surface area contributed by atoms with Crippen molar-refractivity contribution in [2.75, 3.05) is 0 Å². The SMILES string of the molecule is c1ccc(-n2c3ccc(-c4ccc5c6ccccc6n(-c6nc7c8c(cccc8n6)Sc6ccccc6-7)c5c4)cc3c3c4ccccc4ccc32)cc1. The van der Waals surface area contributed by atoms with Gasteiger partial charge in [-0.25, -0.2) is 9.97 Å². The Balaban J connectivity index is 1.12. The van der Waals surface area contributed by atoms with Gasteiger partial charge in [-0.2, -0.15) is 0 Å². The predicted octanol–water partition coefficient (Wildman–Crippen LogP) is 12.8. The molecule has 1 aliphatic rings. The zero-order valence-corrected chi connectivity index (χ0v) is 29.2. The molecule has 0 spiro atoms. The third-order valence-electron chi connectivity index (χ3n) is 10.9. The van der Waals surface area contributed by atoms with Crippen LogP contribution in [0.4, 0.5) is 0 Å². The first-order chi connectivity index (χ1) is 26.3. The van der Waals surface area contributed by atoms with Gasteiger partial charge in [0, 0.05) is 48.0 Å². The highest BCUT2D eigenvalue weighted by Gasteiger charge is 2.24. The largest absolute Gasteiger partial charge is 0.309 e. The summed E-state index contributed by atoms with van der Waals surface area (Å²) in [7, 11) is 0. The number of benzene rings is 8. The van der Waals surface area contributed by atoms with Gasteiger partial charge in [0.1, 0.15) is 0 Å². The van der Waals surface area contributed by atoms with Crippen LogP contribution in [0.3, 0.4) is 0 Å². The van der Waals surface area contributed by atoms with E-state index in [4.69, 9.17) is 9.97 Å². The summed E-state index contributed by atoms with van der Waals surface area (Å²) < 4.78 is 4.65. The summed E-state index contributed by atoms with van der Waals surface area (Å²) in [5, 5.41) is 8.50. The first-order valence-electron chi connectivity index (χ1n) is 17.9. The smallest absolute Gasteiger partial charge is 0.235 e. The van der Waals surface area contributed by atoms with Gasteiger partial charge in [0.2, 0.25) is 5.95 Å². The lowest BCUT2D eigenvalue weighted by Gasteiger charge is -2.20. The molecule has 0 atom stereocenters. The molecule has 0 aliphatic carbocycles. The fraction of sp³-hybridized carbons (Fsp3) is 0. The van der Waals surface area contributed by atoms with Gasteiger partial charge >= 0.3 is 0 Å². The Kier molecular flexibility index (Phi) is 5.96. The van der Waals surface area contributed by atoms with Crippen LogP contribution in [0.1, 0.15) is 0 Å². The summed E-state index contributed by atoms with van der Waals surface area (Å²) in [5.74, 6) is 0.683. The van der Waals surface area contributed by atoms with Crippen molar-refractivity contribution in [3.8, 4) is 34.0 Å². The van der Waals surface area contributed by atoms with E-state index in [2.05, 4.69) is 179 Å². The van der Waals surface area contributed by atoms with Crippen LogP contribution >= 0.6 is 11.8 Å². The molecule has 0 amide bonds. The quantitative estimate of drug-likeness (QED) is 0.185. The molecule has 246 valence electrons. The first-order valence-corrected chi connectivity index (χ1v) is 18.7. The molecule has 0 saturated heterocycles. The van der Waals surface area contributed by atoms with Crippen LogP contribution < -0.4 is 0 Å². The summed E-state index contributed by atoms with van der Waals surface area (Å²) in [6, 6.07) is 61.3. The molecule has 53 heavy (non-hydrogen) atoms. The minimum atomic E-state index is 0.683. The van der Waals surface area contributed by atoms with Crippen LogP contribution in [0.2, 0.25) is 0 Å². The van der Waals surface area contributed by atoms with Crippen molar-refractivity contribution in [2.45, 2.75) is 9.79 Å². The Morgan fingerprint density at radius 1 is 0.415 bits per heavy atom. The molecule has 0 radical (unpaired) electrons. The number of rotatable bonds is 3. The molecule has 0 fully saturated rings. The van der Waals surface area contributed by atoms with Gasteiger partial charge in [0.05, 0.1) is 33.3 Å². The van der Waals surface area contributed by atoms with Crippen LogP contribution in [-0.4, -0.2) is 19.1 Å². The standard InChI is InChI=1S/C48H28N4S/c1-2-12-32(13-3-1)51-40-25-23-30(27-37(40)45-33-14-5-4-11-29(33)22-26-41(45)51)31-21-24-35-34-15-6-8-18-39(34)52(42(35)28-31)48-49-38-17-10-20-44-46(38)47(50-48)36-16-7-9-19-43(36)53-44/h1-28H. The van der Waals surface area contributed by atoms with E-state index < -0.39 is 0 Å². The van der Waals surface area contributed by atoms with Crippen molar-refractivity contribution in [1.29, 1.82) is 0 Å². The van der Waals surface area contributed by atoms with E-state index >= 15 is 0 Å². The normalized spacial score (nSPS) is 12.5. The number of hydrogen-bond donors (Lipinski definition) is 0. The van der Waals surface area contributed by atoms with E-state index in [1.807, 2.05) is 0 Å². The van der Waals surface area contributed by atoms with Gasteiger partial charge in [-0.15, -0.1) is 0 Å². The van der Waals surface area contributed by atoms with E-state index in [9.17, 15) is 0 Å². The second-order valence-corrected chi connectivity index (χ2v) is 14.9. The van der Waals surface area contributed by atoms with Crippen molar-refractivity contribution in [3.05, 3.63) is 170 Å². The van der Waals surface area contributed by atoms with Gasteiger partial charge in [-0.3, -0.25) is 4.57 Å². The van der Waals surface area contributed by atoms with Crippen molar-refractivity contribution in [2.24, 2.45) is 0 Å². The number of para-hydroxylation sites is 2. The first kappa shape index (κ1) is 28.9. The van der Waals surface area contributed by atoms with E-state index in [-0.39, 0.29) is 0 Å². The summed E-state index contributed by atoms with van der Waals surface area (Å²) in [4.78, 5) is 13.1. The number of nitrogens with zero attached hydrogens (tertiary/aromatic N) is 4. The maximum atomic E-state index is 5.39. The maximum Gasteiger partial charge on any atom is 0.235 e. The van der Waals surface area contributed by atoms with Crippen molar-refractivity contribution >= 4 is 77.0 Å². The van der Waals surface area contributed by atoms with Crippen LogP contribution in [-0.2, 0) is 0 Å². The van der Waals surface area contributed by atoms with Crippen LogP contribution in [0.25, 0.3) is 99.3 Å². The second kappa shape index (κ2) is 10.9. The van der Waals surface area contributed by atoms with Gasteiger partial charge in [0.25, 0.3) is 0 Å². The third kappa shape index (κ3) is 4.14. The number of fused-ring (bicyclic) bond motifs is 10. The topological polar surface area (TPSA) is 35.6 Å². The predicted molar refractivity (Wildman–Crippen MR) is 221 cm³/mol. The van der Waals surface area contributed by atoms with Gasteiger partial charge < -0.3 is 4.57 Å². The molecule has 4 heterocycles. The average molecular weight is 693 g/mol. The number of hydrogen-bond acceptors (Lipinski definition) is 3. The van der Waals surface area contributed by atoms with Gasteiger partial charge in [-0.05, 0) is 82.6 Å². The molecular formula is C48H28N4S. The molecule has 0 N–H and O–H groups in total. The molecule has 12 rings (SSSR count). The third-order valence-corrected chi connectivity index (χ3v) is 12.0. The molecule has 5 heteroatoms. The molecule has 0 unspecified atom stereocenters. The zero-order valence-electron chi connectivity index (χ0n) is 28.4. The van der Waals surface area contributed by atoms with Crippen LogP contribution in [0, 0.1) is 0 Å². The molecule has 4 nitrogen and oxygen atoms in total. The summed E-state index contributed by atoms with van der Waals surface area (Å²) >= 11 is 1.80. The molecule has 1 aliphatic heterocycles. The highest BCUT2D eigenvalue weighted by Crippen LogP contribution is 2.47. The molecule has 0 saturated carbocycles. The highest BCUT2D eigenvalue weighted by atomic mass is 32.2. The van der Waals surface area contributed by atoms with E-state index in [0.29, 0.717) is 5.95 Å². The second-order valence-electron chi connectivity index (χ2n) is 13.8. The fourth-order valence-corrected chi connectivity index (χ4v) is 9.69. The molecule has 11 aromatic rings. The van der Waals surface area contributed by atoms with Crippen molar-refractivity contribution in [3.63, 3.8) is 0 Å². The fourth-order valence-electron chi connectivity index (χ4n) is 8.58. The Labute approximate surface area is 308 Å². The lowest BCUT2D eigenvalue weighted by atomic mass is 9.99. The van der Waals surface area contributed by atoms with Gasteiger partial charge in [0.15, 0.2) is 0 Å². The van der Waals surface area contributed by atoms with Crippen molar-refractivity contribution in [1.82, 2.24) is 19.1 Å². The summed E-state index contributed by atoms with van der Waals surface area (Å²) in [6.45, 7) is 0. The minimum Gasteiger partial charge on any atom is -0.309 e. The molecule has 8 aromatic carbocycles. The number of aromatic nitrogens is 4. The van der Waals surface area contributed by atoms with Gasteiger partial charge in [-0.1, -0.05) is 121 Å². The Bertz CT molecular complexity index is 3320. The Morgan fingerprint density at radius 2 is 1.13 bits per heavy atom. The molecule has 3 aromatic heterocycles. The van der Waals surface area contributed by atoms with Crippen LogP contribution in [0.5, 0.6) is 0 Å². The highest BCUT2D eigenvalue weighted by molar-refractivity contribution is 7.99. The van der Waals surface area contributed by atoms with E-state index in [1.165, 1.54) is 58.7 Å². The minimum absolute atomic E-state index is 0.683. The summed E-state index contributed by atoms with van der Waals surface area (Å²) in [5.41, 5.74) is 11.2. The Hall–Kier alpha value is -6.69. The lowest BCUT2D eigenvalue weighted by Crippen LogP contribution is -2.05. The van der Waals surface area contributed by atoms with E-state index in [0.717, 1.165) is 44.4 Å². The van der Waals surface area contributed by atoms with Crippen molar-refractivity contribution < 1.29 is 0 Å². The lowest BCUT2D eigenvalue weighted by molar-refractivity contribution is 1.01. The maximum absolute atomic E-state index is 5.39. The molecular weight excluding hydrogens is 665 g/mol. The van der Waals surface area contributed by atoms with E-state index in [1.54, 1.807) is 11.8 Å². The summed E-state index contributed by atoms with van der Waals surface area (Å²) in [6.07, 6.45) is 0.